The Bertz CT molecular complexity index is 962. The highest BCUT2D eigenvalue weighted by atomic mass is 19.1. The number of carbonyl (C=O) groups is 1. The van der Waals surface area contributed by atoms with Crippen LogP contribution in [0.5, 0.6) is 0 Å². The number of carbonyl (C=O) groups excluding carboxylic acids is 1. The van der Waals surface area contributed by atoms with Crippen LogP contribution in [0.1, 0.15) is 34.6 Å². The van der Waals surface area contributed by atoms with Gasteiger partial charge >= 0.3 is 0 Å². The van der Waals surface area contributed by atoms with Gasteiger partial charge in [0.2, 0.25) is 0 Å². The Morgan fingerprint density at radius 2 is 2.07 bits per heavy atom. The number of hydrogen-bond donors (Lipinski definition) is 0. The van der Waals surface area contributed by atoms with Crippen LogP contribution in [0.4, 0.5) is 4.39 Å². The van der Waals surface area contributed by atoms with E-state index in [9.17, 15) is 9.18 Å². The molecule has 150 valence electrons. The Labute approximate surface area is 168 Å². The van der Waals surface area contributed by atoms with Gasteiger partial charge in [-0.1, -0.05) is 29.5 Å². The highest BCUT2D eigenvalue weighted by molar-refractivity contribution is 5.92. The number of piperidine rings is 1. The van der Waals surface area contributed by atoms with Crippen molar-refractivity contribution in [1.29, 1.82) is 0 Å². The molecule has 3 heterocycles. The number of pyridine rings is 1. The first-order valence-electron chi connectivity index (χ1n) is 9.63. The van der Waals surface area contributed by atoms with Crippen molar-refractivity contribution in [3.05, 3.63) is 77.6 Å². The molecule has 1 unspecified atom stereocenters. The highest BCUT2D eigenvalue weighted by Crippen LogP contribution is 2.17. The van der Waals surface area contributed by atoms with Crippen LogP contribution in [0.3, 0.4) is 0 Å². The molecule has 0 radical (unpaired) electrons. The first-order chi connectivity index (χ1) is 14.2. The van der Waals surface area contributed by atoms with Gasteiger partial charge in [-0.2, -0.15) is 0 Å². The lowest BCUT2D eigenvalue weighted by Gasteiger charge is -2.32. The van der Waals surface area contributed by atoms with Crippen LogP contribution in [0, 0.1) is 5.82 Å². The lowest BCUT2D eigenvalue weighted by Crippen LogP contribution is -2.43. The second-order valence-corrected chi connectivity index (χ2v) is 7.04. The van der Waals surface area contributed by atoms with E-state index in [0.717, 1.165) is 18.5 Å². The second kappa shape index (κ2) is 8.91. The van der Waals surface area contributed by atoms with Crippen molar-refractivity contribution in [2.45, 2.75) is 32.1 Å². The van der Waals surface area contributed by atoms with Crippen LogP contribution in [-0.2, 0) is 17.9 Å². The summed E-state index contributed by atoms with van der Waals surface area (Å²) in [6.45, 7) is 1.81. The number of benzene rings is 1. The van der Waals surface area contributed by atoms with Gasteiger partial charge in [-0.3, -0.25) is 9.78 Å². The van der Waals surface area contributed by atoms with Crippen LogP contribution in [0.15, 0.2) is 54.9 Å². The van der Waals surface area contributed by atoms with E-state index in [2.05, 4.69) is 15.3 Å². The van der Waals surface area contributed by atoms with E-state index >= 15 is 0 Å². The monoisotopic (exact) mass is 395 g/mol. The minimum absolute atomic E-state index is 0.0387. The molecule has 29 heavy (non-hydrogen) atoms. The quantitative estimate of drug-likeness (QED) is 0.642. The molecule has 1 atom stereocenters. The summed E-state index contributed by atoms with van der Waals surface area (Å²) in [7, 11) is 0. The number of amides is 1. The topological polar surface area (TPSA) is 73.1 Å². The Morgan fingerprint density at radius 1 is 1.21 bits per heavy atom. The normalized spacial score (nSPS) is 16.7. The molecule has 1 aliphatic heterocycles. The van der Waals surface area contributed by atoms with Gasteiger partial charge in [0, 0.05) is 24.8 Å². The molecule has 1 aromatic carbocycles. The SMILES string of the molecule is O=C(c1cn(Cc2ccccc2F)nn1)N1CCCC(OCc2ccccn2)C1. The number of ether oxygens (including phenoxy) is 1. The average Bonchev–Trinajstić information content (AvgIpc) is 3.23. The smallest absolute Gasteiger partial charge is 0.276 e. The molecule has 0 saturated carbocycles. The summed E-state index contributed by atoms with van der Waals surface area (Å²) in [5.74, 6) is -0.490. The van der Waals surface area contributed by atoms with Crippen molar-refractivity contribution < 1.29 is 13.9 Å². The third kappa shape index (κ3) is 4.83. The van der Waals surface area contributed by atoms with Gasteiger partial charge in [-0.25, -0.2) is 9.07 Å². The van der Waals surface area contributed by atoms with Crippen molar-refractivity contribution in [3.8, 4) is 0 Å². The molecule has 1 fully saturated rings. The summed E-state index contributed by atoms with van der Waals surface area (Å²) in [4.78, 5) is 18.8. The van der Waals surface area contributed by atoms with Crippen LogP contribution in [0.2, 0.25) is 0 Å². The molecule has 0 aliphatic carbocycles. The average molecular weight is 395 g/mol. The van der Waals surface area contributed by atoms with E-state index in [0.29, 0.717) is 25.3 Å². The fourth-order valence-corrected chi connectivity index (χ4v) is 3.38. The zero-order valence-corrected chi connectivity index (χ0v) is 15.9. The molecule has 2 aromatic heterocycles. The fourth-order valence-electron chi connectivity index (χ4n) is 3.38. The van der Waals surface area contributed by atoms with Gasteiger partial charge in [0.15, 0.2) is 5.69 Å². The zero-order chi connectivity index (χ0) is 20.1. The minimum Gasteiger partial charge on any atom is -0.370 e. The molecule has 4 rings (SSSR count). The summed E-state index contributed by atoms with van der Waals surface area (Å²) in [6.07, 6.45) is 5.02. The van der Waals surface area contributed by atoms with Gasteiger partial charge in [0.1, 0.15) is 5.82 Å². The third-order valence-electron chi connectivity index (χ3n) is 4.91. The van der Waals surface area contributed by atoms with Gasteiger partial charge in [-0.15, -0.1) is 5.10 Å². The predicted molar refractivity (Wildman–Crippen MR) is 103 cm³/mol. The van der Waals surface area contributed by atoms with E-state index in [1.54, 1.807) is 35.5 Å². The summed E-state index contributed by atoms with van der Waals surface area (Å²) in [5.41, 5.74) is 1.62. The van der Waals surface area contributed by atoms with E-state index < -0.39 is 0 Å². The molecular formula is C21H22FN5O2. The largest absolute Gasteiger partial charge is 0.370 e. The number of hydrogen-bond acceptors (Lipinski definition) is 5. The first-order valence-corrected chi connectivity index (χ1v) is 9.63. The molecule has 3 aromatic rings. The van der Waals surface area contributed by atoms with E-state index in [-0.39, 0.29) is 30.1 Å². The fraction of sp³-hybridized carbons (Fsp3) is 0.333. The van der Waals surface area contributed by atoms with Crippen LogP contribution in [0.25, 0.3) is 0 Å². The molecule has 1 aliphatic rings. The molecular weight excluding hydrogens is 373 g/mol. The molecule has 0 N–H and O–H groups in total. The van der Waals surface area contributed by atoms with Crippen molar-refractivity contribution in [1.82, 2.24) is 24.9 Å². The van der Waals surface area contributed by atoms with Gasteiger partial charge < -0.3 is 9.64 Å². The van der Waals surface area contributed by atoms with Crippen molar-refractivity contribution in [2.24, 2.45) is 0 Å². The first kappa shape index (κ1) is 19.2. The number of likely N-dealkylation sites (tertiary alicyclic amines) is 1. The Hall–Kier alpha value is -3.13. The Balaban J connectivity index is 1.35. The zero-order valence-electron chi connectivity index (χ0n) is 15.9. The predicted octanol–water partition coefficient (Wildman–Crippen LogP) is 2.68. The second-order valence-electron chi connectivity index (χ2n) is 7.04. The van der Waals surface area contributed by atoms with Crippen molar-refractivity contribution in [3.63, 3.8) is 0 Å². The lowest BCUT2D eigenvalue weighted by atomic mass is 10.1. The Morgan fingerprint density at radius 3 is 2.90 bits per heavy atom. The van der Waals surface area contributed by atoms with Gasteiger partial charge in [0.25, 0.3) is 5.91 Å². The minimum atomic E-state index is -0.306. The molecule has 1 saturated heterocycles. The molecule has 0 spiro atoms. The van der Waals surface area contributed by atoms with E-state index in [4.69, 9.17) is 4.74 Å². The molecule has 0 bridgehead atoms. The Kier molecular flexibility index (Phi) is 5.90. The molecule has 8 heteroatoms. The van der Waals surface area contributed by atoms with Crippen molar-refractivity contribution >= 4 is 5.91 Å². The highest BCUT2D eigenvalue weighted by Gasteiger charge is 2.26. The van der Waals surface area contributed by atoms with E-state index in [1.165, 1.54) is 10.7 Å². The summed E-state index contributed by atoms with van der Waals surface area (Å²) in [6, 6.07) is 12.2. The third-order valence-corrected chi connectivity index (χ3v) is 4.91. The maximum atomic E-state index is 13.8. The number of nitrogens with zero attached hydrogens (tertiary/aromatic N) is 5. The van der Waals surface area contributed by atoms with Gasteiger partial charge in [0.05, 0.1) is 31.1 Å². The van der Waals surface area contributed by atoms with Crippen LogP contribution >= 0.6 is 0 Å². The number of halogens is 1. The molecule has 1 amide bonds. The number of aromatic nitrogens is 4. The standard InChI is InChI=1S/C21H22FN5O2/c22-19-9-2-1-6-16(19)12-27-14-20(24-25-27)21(28)26-11-5-8-18(13-26)29-15-17-7-3-4-10-23-17/h1-4,6-7,9-10,14,18H,5,8,11-13,15H2. The van der Waals surface area contributed by atoms with E-state index in [1.807, 2.05) is 18.2 Å². The van der Waals surface area contributed by atoms with Crippen LogP contribution in [-0.4, -0.2) is 50.0 Å². The lowest BCUT2D eigenvalue weighted by molar-refractivity contribution is -0.00801. The summed E-state index contributed by atoms with van der Waals surface area (Å²) < 4.78 is 21.2. The van der Waals surface area contributed by atoms with Gasteiger partial charge in [-0.05, 0) is 31.0 Å². The summed E-state index contributed by atoms with van der Waals surface area (Å²) in [5, 5.41) is 7.96. The molecule has 7 nitrogen and oxygen atoms in total. The number of rotatable bonds is 6. The van der Waals surface area contributed by atoms with Crippen molar-refractivity contribution in [2.75, 3.05) is 13.1 Å². The van der Waals surface area contributed by atoms with Crippen LogP contribution < -0.4 is 0 Å². The summed E-state index contributed by atoms with van der Waals surface area (Å²) >= 11 is 0. The maximum Gasteiger partial charge on any atom is 0.276 e. The maximum absolute atomic E-state index is 13.8.